The number of hydrogen-bond acceptors (Lipinski definition) is 5. The zero-order valence-corrected chi connectivity index (χ0v) is 15.4. The van der Waals surface area contributed by atoms with Gasteiger partial charge in [0, 0.05) is 37.7 Å². The molecule has 0 N–H and O–H groups in total. The molecule has 7 nitrogen and oxygen atoms in total. The van der Waals surface area contributed by atoms with Crippen molar-refractivity contribution in [1.29, 1.82) is 0 Å². The van der Waals surface area contributed by atoms with Crippen LogP contribution >= 0.6 is 0 Å². The van der Waals surface area contributed by atoms with E-state index in [9.17, 15) is 9.59 Å². The Morgan fingerprint density at radius 1 is 1.15 bits per heavy atom. The zero-order valence-electron chi connectivity index (χ0n) is 15.4. The number of piperidine rings is 1. The first kappa shape index (κ1) is 16.7. The van der Waals surface area contributed by atoms with E-state index in [1.165, 1.54) is 0 Å². The molecule has 142 valence electrons. The Morgan fingerprint density at radius 2 is 1.96 bits per heavy atom. The van der Waals surface area contributed by atoms with Crippen LogP contribution in [0, 0.1) is 5.92 Å². The molecule has 27 heavy (non-hydrogen) atoms. The average Bonchev–Trinajstić information content (AvgIpc) is 3.23. The third kappa shape index (κ3) is 3.31. The van der Waals surface area contributed by atoms with Crippen molar-refractivity contribution in [2.75, 3.05) is 13.1 Å². The molecule has 2 aromatic rings. The van der Waals surface area contributed by atoms with Crippen molar-refractivity contribution in [3.63, 3.8) is 0 Å². The van der Waals surface area contributed by atoms with Crippen LogP contribution in [0.3, 0.4) is 0 Å². The van der Waals surface area contributed by atoms with E-state index in [1.807, 2.05) is 4.90 Å². The van der Waals surface area contributed by atoms with Gasteiger partial charge in [0.1, 0.15) is 5.76 Å². The summed E-state index contributed by atoms with van der Waals surface area (Å²) >= 11 is 0. The van der Waals surface area contributed by atoms with Gasteiger partial charge < -0.3 is 9.42 Å². The number of amides is 1. The van der Waals surface area contributed by atoms with Gasteiger partial charge in [0.25, 0.3) is 11.5 Å². The summed E-state index contributed by atoms with van der Waals surface area (Å²) in [5.41, 5.74) is 2.63. The molecule has 1 aliphatic heterocycles. The number of carbonyl (C=O) groups is 1. The molecule has 2 aliphatic carbocycles. The molecule has 0 bridgehead atoms. The highest BCUT2D eigenvalue weighted by atomic mass is 16.5. The molecular formula is C20H24N4O3. The zero-order chi connectivity index (χ0) is 18.4. The fraction of sp³-hybridized carbons (Fsp3) is 0.600. The van der Waals surface area contributed by atoms with Crippen LogP contribution in [0.4, 0.5) is 0 Å². The summed E-state index contributed by atoms with van der Waals surface area (Å²) in [6.07, 6.45) is 7.06. The van der Waals surface area contributed by atoms with E-state index in [4.69, 9.17) is 4.52 Å². The monoisotopic (exact) mass is 368 g/mol. The molecule has 3 heterocycles. The Kier molecular flexibility index (Phi) is 4.10. The molecule has 0 atom stereocenters. The summed E-state index contributed by atoms with van der Waals surface area (Å²) in [5, 5.41) is 8.54. The molecule has 7 heteroatoms. The number of hydrogen-bond donors (Lipinski definition) is 0. The van der Waals surface area contributed by atoms with E-state index < -0.39 is 0 Å². The molecule has 0 unspecified atom stereocenters. The molecule has 1 amide bonds. The van der Waals surface area contributed by atoms with Crippen LogP contribution in [0.5, 0.6) is 0 Å². The SMILES string of the molecule is O=C(c1cc(C2CC2)on1)N1CCC(Cn2nc3c(cc2=O)CCC3)CC1. The minimum atomic E-state index is -0.0445. The molecular weight excluding hydrogens is 344 g/mol. The molecule has 0 radical (unpaired) electrons. The average molecular weight is 368 g/mol. The van der Waals surface area contributed by atoms with Crippen LogP contribution < -0.4 is 5.56 Å². The summed E-state index contributed by atoms with van der Waals surface area (Å²) in [7, 11) is 0. The standard InChI is InChI=1S/C20H24N4O3/c25-19-10-15-2-1-3-16(15)21-24(19)12-13-6-8-23(9-7-13)20(26)17-11-18(27-22-17)14-4-5-14/h10-11,13-14H,1-9,12H2. The van der Waals surface area contributed by atoms with Gasteiger partial charge in [0.15, 0.2) is 5.69 Å². The predicted octanol–water partition coefficient (Wildman–Crippen LogP) is 2.15. The minimum absolute atomic E-state index is 0.00404. The van der Waals surface area contributed by atoms with Gasteiger partial charge in [-0.1, -0.05) is 5.16 Å². The van der Waals surface area contributed by atoms with Crippen molar-refractivity contribution >= 4 is 5.91 Å². The lowest BCUT2D eigenvalue weighted by molar-refractivity contribution is 0.0670. The second kappa shape index (κ2) is 6.62. The Bertz CT molecular complexity index is 920. The Hall–Kier alpha value is -2.44. The molecule has 1 saturated carbocycles. The number of carbonyl (C=O) groups excluding carboxylic acids is 1. The summed E-state index contributed by atoms with van der Waals surface area (Å²) in [5.74, 6) is 1.63. The van der Waals surface area contributed by atoms with Crippen LogP contribution in [0.2, 0.25) is 0 Å². The summed E-state index contributed by atoms with van der Waals surface area (Å²) in [6.45, 7) is 2.02. The van der Waals surface area contributed by atoms with Gasteiger partial charge in [-0.15, -0.1) is 0 Å². The van der Waals surface area contributed by atoms with Crippen molar-refractivity contribution in [3.8, 4) is 0 Å². The Labute approximate surface area is 157 Å². The van der Waals surface area contributed by atoms with E-state index in [-0.39, 0.29) is 11.5 Å². The van der Waals surface area contributed by atoms with Gasteiger partial charge in [-0.2, -0.15) is 5.10 Å². The van der Waals surface area contributed by atoms with Crippen molar-refractivity contribution in [3.05, 3.63) is 45.2 Å². The van der Waals surface area contributed by atoms with Crippen molar-refractivity contribution in [1.82, 2.24) is 19.8 Å². The van der Waals surface area contributed by atoms with Gasteiger partial charge in [0.05, 0.1) is 5.69 Å². The third-order valence-electron chi connectivity index (χ3n) is 6.08. The molecule has 5 rings (SSSR count). The summed E-state index contributed by atoms with van der Waals surface area (Å²) in [6, 6.07) is 3.57. The third-order valence-corrected chi connectivity index (χ3v) is 6.08. The number of rotatable bonds is 4. The van der Waals surface area contributed by atoms with E-state index in [1.54, 1.807) is 16.8 Å². The molecule has 2 aromatic heterocycles. The van der Waals surface area contributed by atoms with E-state index in [0.29, 0.717) is 37.2 Å². The highest BCUT2D eigenvalue weighted by Gasteiger charge is 2.31. The van der Waals surface area contributed by atoms with Crippen LogP contribution in [0.1, 0.15) is 65.5 Å². The Morgan fingerprint density at radius 3 is 2.74 bits per heavy atom. The van der Waals surface area contributed by atoms with Gasteiger partial charge >= 0.3 is 0 Å². The topological polar surface area (TPSA) is 81.2 Å². The fourth-order valence-corrected chi connectivity index (χ4v) is 4.25. The normalized spacial score (nSPS) is 20.1. The maximum atomic E-state index is 12.6. The molecule has 3 aliphatic rings. The first-order valence-corrected chi connectivity index (χ1v) is 10.0. The number of likely N-dealkylation sites (tertiary alicyclic amines) is 1. The van der Waals surface area contributed by atoms with Crippen molar-refractivity contribution in [2.24, 2.45) is 5.92 Å². The van der Waals surface area contributed by atoms with Gasteiger partial charge in [-0.05, 0) is 56.4 Å². The highest BCUT2D eigenvalue weighted by Crippen LogP contribution is 2.40. The van der Waals surface area contributed by atoms with Gasteiger partial charge in [-0.25, -0.2) is 4.68 Å². The molecule has 2 fully saturated rings. The fourth-order valence-electron chi connectivity index (χ4n) is 4.25. The van der Waals surface area contributed by atoms with Crippen LogP contribution in [-0.4, -0.2) is 38.8 Å². The van der Waals surface area contributed by atoms with Crippen molar-refractivity contribution < 1.29 is 9.32 Å². The second-order valence-electron chi connectivity index (χ2n) is 8.11. The van der Waals surface area contributed by atoms with Crippen LogP contribution in [-0.2, 0) is 19.4 Å². The number of aryl methyl sites for hydroxylation is 2. The van der Waals surface area contributed by atoms with Crippen LogP contribution in [0.15, 0.2) is 21.5 Å². The number of fused-ring (bicyclic) bond motifs is 1. The maximum absolute atomic E-state index is 12.6. The lowest BCUT2D eigenvalue weighted by Gasteiger charge is -2.31. The number of nitrogens with zero attached hydrogens (tertiary/aromatic N) is 4. The van der Waals surface area contributed by atoms with E-state index in [0.717, 1.165) is 62.0 Å². The van der Waals surface area contributed by atoms with Gasteiger partial charge in [0.2, 0.25) is 0 Å². The predicted molar refractivity (Wildman–Crippen MR) is 97.6 cm³/mol. The molecule has 0 spiro atoms. The summed E-state index contributed by atoms with van der Waals surface area (Å²) < 4.78 is 6.94. The first-order valence-electron chi connectivity index (χ1n) is 10.0. The van der Waals surface area contributed by atoms with E-state index >= 15 is 0 Å². The minimum Gasteiger partial charge on any atom is -0.360 e. The lowest BCUT2D eigenvalue weighted by Crippen LogP contribution is -2.40. The van der Waals surface area contributed by atoms with Gasteiger partial charge in [-0.3, -0.25) is 9.59 Å². The lowest BCUT2D eigenvalue weighted by atomic mass is 9.96. The van der Waals surface area contributed by atoms with Crippen molar-refractivity contribution in [2.45, 2.75) is 57.4 Å². The van der Waals surface area contributed by atoms with E-state index in [2.05, 4.69) is 10.3 Å². The maximum Gasteiger partial charge on any atom is 0.276 e. The largest absolute Gasteiger partial charge is 0.360 e. The molecule has 1 saturated heterocycles. The molecule has 0 aromatic carbocycles. The highest BCUT2D eigenvalue weighted by molar-refractivity contribution is 5.92. The second-order valence-corrected chi connectivity index (χ2v) is 8.11. The Balaban J connectivity index is 1.20. The smallest absolute Gasteiger partial charge is 0.276 e. The quantitative estimate of drug-likeness (QED) is 0.826. The van der Waals surface area contributed by atoms with Crippen LogP contribution in [0.25, 0.3) is 0 Å². The summed E-state index contributed by atoms with van der Waals surface area (Å²) in [4.78, 5) is 26.8. The first-order chi connectivity index (χ1) is 13.2. The number of aromatic nitrogens is 3.